The third-order valence-corrected chi connectivity index (χ3v) is 3.51. The molecule has 3 N–H and O–H groups in total. The molecule has 1 aromatic rings. The third kappa shape index (κ3) is 4.44. The van der Waals surface area contributed by atoms with E-state index in [0.717, 1.165) is 37.2 Å². The van der Waals surface area contributed by atoms with Crippen molar-refractivity contribution in [2.45, 2.75) is 26.2 Å². The first-order valence-electron chi connectivity index (χ1n) is 7.01. The molecule has 6 heteroatoms. The molecule has 1 saturated heterocycles. The van der Waals surface area contributed by atoms with Gasteiger partial charge in [0, 0.05) is 37.3 Å². The minimum absolute atomic E-state index is 0. The highest BCUT2D eigenvalue weighted by Gasteiger charge is 2.19. The number of anilines is 1. The second kappa shape index (κ2) is 8.00. The number of nitrogens with one attached hydrogen (secondary N) is 1. The van der Waals surface area contributed by atoms with Crippen molar-refractivity contribution in [2.24, 2.45) is 5.73 Å². The molecular formula is C15H22ClN3O2. The Hall–Kier alpha value is -1.59. The van der Waals surface area contributed by atoms with E-state index in [1.54, 1.807) is 12.1 Å². The van der Waals surface area contributed by atoms with Gasteiger partial charge in [0.2, 0.25) is 5.91 Å². The Bertz CT molecular complexity index is 514. The van der Waals surface area contributed by atoms with Gasteiger partial charge in [-0.15, -0.1) is 12.4 Å². The summed E-state index contributed by atoms with van der Waals surface area (Å²) in [6.07, 6.45) is 2.46. The molecule has 0 aliphatic carbocycles. The van der Waals surface area contributed by atoms with Gasteiger partial charge in [0.15, 0.2) is 0 Å². The first-order chi connectivity index (χ1) is 9.61. The van der Waals surface area contributed by atoms with Gasteiger partial charge < -0.3 is 16.0 Å². The maximum Gasteiger partial charge on any atom is 0.253 e. The predicted molar refractivity (Wildman–Crippen MR) is 85.9 cm³/mol. The van der Waals surface area contributed by atoms with E-state index < -0.39 is 0 Å². The molecule has 1 aromatic carbocycles. The molecule has 116 valence electrons. The molecule has 0 saturated carbocycles. The highest BCUT2D eigenvalue weighted by molar-refractivity contribution is 5.96. The van der Waals surface area contributed by atoms with Crippen LogP contribution in [0.15, 0.2) is 18.2 Å². The number of carbonyl (C=O) groups excluding carboxylic acids is 2. The van der Waals surface area contributed by atoms with Crippen LogP contribution >= 0.6 is 12.4 Å². The number of benzene rings is 1. The molecule has 0 unspecified atom stereocenters. The first kappa shape index (κ1) is 17.5. The third-order valence-electron chi connectivity index (χ3n) is 3.51. The van der Waals surface area contributed by atoms with Crippen LogP contribution in [-0.2, 0) is 4.79 Å². The lowest BCUT2D eigenvalue weighted by Crippen LogP contribution is -2.27. The van der Waals surface area contributed by atoms with Gasteiger partial charge in [-0.05, 0) is 43.5 Å². The molecule has 1 fully saturated rings. The Balaban J connectivity index is 0.00000220. The summed E-state index contributed by atoms with van der Waals surface area (Å²) in [6.45, 7) is 3.90. The van der Waals surface area contributed by atoms with Crippen molar-refractivity contribution in [3.63, 3.8) is 0 Å². The van der Waals surface area contributed by atoms with E-state index in [1.165, 1.54) is 0 Å². The number of hydrogen-bond acceptors (Lipinski definition) is 3. The predicted octanol–water partition coefficient (Wildman–Crippen LogP) is 1.94. The first-order valence-corrected chi connectivity index (χ1v) is 7.01. The summed E-state index contributed by atoms with van der Waals surface area (Å²) in [7, 11) is 0. The molecule has 21 heavy (non-hydrogen) atoms. The SMILES string of the molecule is Cc1cc(C(=O)N2CCCC2)ccc1NC(=O)CCN.Cl. The second-order valence-corrected chi connectivity index (χ2v) is 5.12. The van der Waals surface area contributed by atoms with Crippen LogP contribution < -0.4 is 11.1 Å². The van der Waals surface area contributed by atoms with Gasteiger partial charge >= 0.3 is 0 Å². The fourth-order valence-corrected chi connectivity index (χ4v) is 2.38. The van der Waals surface area contributed by atoms with Gasteiger partial charge in [0.1, 0.15) is 0 Å². The highest BCUT2D eigenvalue weighted by atomic mass is 35.5. The van der Waals surface area contributed by atoms with Gasteiger partial charge in [-0.2, -0.15) is 0 Å². The summed E-state index contributed by atoms with van der Waals surface area (Å²) >= 11 is 0. The smallest absolute Gasteiger partial charge is 0.253 e. The Morgan fingerprint density at radius 3 is 2.52 bits per heavy atom. The fraction of sp³-hybridized carbons (Fsp3) is 0.467. The maximum absolute atomic E-state index is 12.3. The maximum atomic E-state index is 12.3. The van der Waals surface area contributed by atoms with E-state index in [2.05, 4.69) is 5.32 Å². The number of nitrogens with zero attached hydrogens (tertiary/aromatic N) is 1. The lowest BCUT2D eigenvalue weighted by molar-refractivity contribution is -0.116. The molecule has 2 rings (SSSR count). The highest BCUT2D eigenvalue weighted by Crippen LogP contribution is 2.19. The second-order valence-electron chi connectivity index (χ2n) is 5.12. The number of halogens is 1. The summed E-state index contributed by atoms with van der Waals surface area (Å²) < 4.78 is 0. The largest absolute Gasteiger partial charge is 0.339 e. The van der Waals surface area contributed by atoms with Crippen LogP contribution in [0, 0.1) is 6.92 Å². The van der Waals surface area contributed by atoms with Gasteiger partial charge in [0.25, 0.3) is 5.91 Å². The zero-order valence-electron chi connectivity index (χ0n) is 12.2. The minimum Gasteiger partial charge on any atom is -0.339 e. The van der Waals surface area contributed by atoms with Crippen LogP contribution in [0.5, 0.6) is 0 Å². The molecule has 0 bridgehead atoms. The number of aryl methyl sites for hydroxylation is 1. The number of nitrogens with two attached hydrogens (primary N) is 1. The van der Waals surface area contributed by atoms with E-state index in [-0.39, 0.29) is 24.2 Å². The number of hydrogen-bond donors (Lipinski definition) is 2. The zero-order chi connectivity index (χ0) is 14.5. The molecule has 2 amide bonds. The van der Waals surface area contributed by atoms with Gasteiger partial charge in [-0.1, -0.05) is 0 Å². The summed E-state index contributed by atoms with van der Waals surface area (Å²) in [5, 5.41) is 2.80. The number of likely N-dealkylation sites (tertiary alicyclic amines) is 1. The molecule has 0 atom stereocenters. The quantitative estimate of drug-likeness (QED) is 0.892. The molecule has 1 aliphatic rings. The summed E-state index contributed by atoms with van der Waals surface area (Å²) in [4.78, 5) is 25.7. The lowest BCUT2D eigenvalue weighted by Gasteiger charge is -2.16. The van der Waals surface area contributed by atoms with E-state index in [4.69, 9.17) is 5.73 Å². The Kier molecular flexibility index (Phi) is 6.65. The molecule has 5 nitrogen and oxygen atoms in total. The summed E-state index contributed by atoms with van der Waals surface area (Å²) in [6, 6.07) is 5.39. The molecule has 0 spiro atoms. The van der Waals surface area contributed by atoms with E-state index in [0.29, 0.717) is 18.5 Å². The number of carbonyl (C=O) groups is 2. The number of rotatable bonds is 4. The van der Waals surface area contributed by atoms with Crippen molar-refractivity contribution in [1.82, 2.24) is 4.90 Å². The molecular weight excluding hydrogens is 290 g/mol. The topological polar surface area (TPSA) is 75.4 Å². The molecule has 0 radical (unpaired) electrons. The van der Waals surface area contributed by atoms with Crippen molar-refractivity contribution < 1.29 is 9.59 Å². The van der Waals surface area contributed by atoms with Crippen LogP contribution in [-0.4, -0.2) is 36.3 Å². The van der Waals surface area contributed by atoms with Crippen molar-refractivity contribution in [2.75, 3.05) is 25.0 Å². The standard InChI is InChI=1S/C15H21N3O2.ClH/c1-11-10-12(15(20)18-8-2-3-9-18)4-5-13(11)17-14(19)6-7-16;/h4-5,10H,2-3,6-9,16H2,1H3,(H,17,19);1H. The molecule has 1 heterocycles. The Morgan fingerprint density at radius 2 is 1.95 bits per heavy atom. The van der Waals surface area contributed by atoms with Crippen molar-refractivity contribution in [1.29, 1.82) is 0 Å². The zero-order valence-corrected chi connectivity index (χ0v) is 13.0. The summed E-state index contributed by atoms with van der Waals surface area (Å²) in [5.74, 6) is -0.0281. The van der Waals surface area contributed by atoms with Crippen LogP contribution in [0.3, 0.4) is 0 Å². The molecule has 0 aromatic heterocycles. The van der Waals surface area contributed by atoms with Crippen molar-refractivity contribution >= 4 is 29.9 Å². The van der Waals surface area contributed by atoms with Crippen molar-refractivity contribution in [3.05, 3.63) is 29.3 Å². The van der Waals surface area contributed by atoms with Crippen LogP contribution in [0.25, 0.3) is 0 Å². The van der Waals surface area contributed by atoms with E-state index in [9.17, 15) is 9.59 Å². The number of amides is 2. The van der Waals surface area contributed by atoms with Crippen LogP contribution in [0.1, 0.15) is 35.2 Å². The van der Waals surface area contributed by atoms with Gasteiger partial charge in [-0.25, -0.2) is 0 Å². The van der Waals surface area contributed by atoms with Crippen LogP contribution in [0.2, 0.25) is 0 Å². The Labute approximate surface area is 131 Å². The normalized spacial score (nSPS) is 13.7. The Morgan fingerprint density at radius 1 is 1.29 bits per heavy atom. The molecule has 1 aliphatic heterocycles. The van der Waals surface area contributed by atoms with E-state index >= 15 is 0 Å². The minimum atomic E-state index is -0.103. The lowest BCUT2D eigenvalue weighted by atomic mass is 10.1. The van der Waals surface area contributed by atoms with Gasteiger partial charge in [0.05, 0.1) is 0 Å². The summed E-state index contributed by atoms with van der Waals surface area (Å²) in [5.41, 5.74) is 7.65. The fourth-order valence-electron chi connectivity index (χ4n) is 2.38. The average molecular weight is 312 g/mol. The van der Waals surface area contributed by atoms with E-state index in [1.807, 2.05) is 17.9 Å². The monoisotopic (exact) mass is 311 g/mol. The average Bonchev–Trinajstić information content (AvgIpc) is 2.94. The van der Waals surface area contributed by atoms with Crippen LogP contribution in [0.4, 0.5) is 5.69 Å². The van der Waals surface area contributed by atoms with Crippen molar-refractivity contribution in [3.8, 4) is 0 Å². The van der Waals surface area contributed by atoms with Gasteiger partial charge in [-0.3, -0.25) is 9.59 Å².